The van der Waals surface area contributed by atoms with E-state index in [1.165, 1.54) is 39.0 Å². The molecule has 5 aromatic rings. The average molecular weight is 739 g/mol. The molecule has 4 N–H and O–H groups in total. The first-order chi connectivity index (χ1) is 28.1. The minimum absolute atomic E-state index is 0.0873. The lowest BCUT2D eigenvalue weighted by Crippen LogP contribution is -2.89. The number of amidine groups is 1. The highest BCUT2D eigenvalue weighted by Gasteiger charge is 2.62. The van der Waals surface area contributed by atoms with Gasteiger partial charge in [0.05, 0.1) is 11.3 Å². The van der Waals surface area contributed by atoms with Gasteiger partial charge in [-0.1, -0.05) is 146 Å². The zero-order chi connectivity index (χ0) is 37.9. The minimum atomic E-state index is -0.294. The molecule has 1 spiro atoms. The number of hydrogen-bond donors (Lipinski definition) is 2. The molecule has 2 aliphatic heterocycles. The Kier molecular flexibility index (Phi) is 8.08. The van der Waals surface area contributed by atoms with Crippen molar-refractivity contribution >= 4 is 22.7 Å². The molecule has 4 nitrogen and oxygen atoms in total. The first kappa shape index (κ1) is 33.8. The number of rotatable bonds is 5. The third-order valence-corrected chi connectivity index (χ3v) is 13.0. The van der Waals surface area contributed by atoms with Crippen LogP contribution in [0.2, 0.25) is 0 Å². The molecular weight excluding hydrogens is 695 g/mol. The molecule has 57 heavy (non-hydrogen) atoms. The quantitative estimate of drug-likeness (QED) is 0.189. The lowest BCUT2D eigenvalue weighted by atomic mass is 9.59. The summed E-state index contributed by atoms with van der Waals surface area (Å²) in [7, 11) is 0. The number of benzene rings is 5. The van der Waals surface area contributed by atoms with Gasteiger partial charge in [0.25, 0.3) is 0 Å². The smallest absolute Gasteiger partial charge is 0.232 e. The Morgan fingerprint density at radius 3 is 2.04 bits per heavy atom. The van der Waals surface area contributed by atoms with E-state index in [-0.39, 0.29) is 35.1 Å². The lowest BCUT2D eigenvalue weighted by molar-refractivity contribution is -0.575. The second-order valence-corrected chi connectivity index (χ2v) is 16.1. The standard InChI is InChI=1S/C53H43N3O/c54-41-27-29-45-43(32-41)42-31-39(26-28-44(42)53(45)46-18-7-9-20-50(46)57-51-21-10-8-19-47(51)53)38-16-11-17-40(30-38)49-33-48(55-52(56-49)37-14-5-2-6-15-37)36-24-22-35(23-25-36)34-12-3-1-4-13-34/h2-3,5-33,42-45,48H,1,4,54H2,(H,55,56)/p+1. The van der Waals surface area contributed by atoms with Crippen LogP contribution in [0.15, 0.2) is 199 Å². The van der Waals surface area contributed by atoms with E-state index in [2.05, 4.69) is 193 Å². The van der Waals surface area contributed by atoms with Crippen LogP contribution in [0.4, 0.5) is 0 Å². The Hall–Kier alpha value is -6.49. The Bertz CT molecular complexity index is 2620. The van der Waals surface area contributed by atoms with E-state index in [0.717, 1.165) is 52.7 Å². The largest absolute Gasteiger partial charge is 0.457 e. The van der Waals surface area contributed by atoms with Crippen molar-refractivity contribution in [3.63, 3.8) is 0 Å². The fourth-order valence-electron chi connectivity index (χ4n) is 10.5. The molecule has 5 aromatic carbocycles. The molecule has 4 heteroatoms. The van der Waals surface area contributed by atoms with Crippen molar-refractivity contribution < 1.29 is 10.1 Å². The monoisotopic (exact) mass is 738 g/mol. The molecule has 11 rings (SSSR count). The van der Waals surface area contributed by atoms with E-state index in [0.29, 0.717) is 0 Å². The summed E-state index contributed by atoms with van der Waals surface area (Å²) in [5.41, 5.74) is 19.2. The molecule has 6 aliphatic rings. The summed E-state index contributed by atoms with van der Waals surface area (Å²) in [4.78, 5) is 5.32. The second kappa shape index (κ2) is 13.6. The van der Waals surface area contributed by atoms with Crippen molar-refractivity contribution in [3.8, 4) is 11.5 Å². The molecule has 0 bridgehead atoms. The van der Waals surface area contributed by atoms with Gasteiger partial charge < -0.3 is 10.5 Å². The predicted molar refractivity (Wildman–Crippen MR) is 231 cm³/mol. The van der Waals surface area contributed by atoms with Gasteiger partial charge in [-0.05, 0) is 95.2 Å². The van der Waals surface area contributed by atoms with Crippen molar-refractivity contribution in [1.29, 1.82) is 0 Å². The third kappa shape index (κ3) is 5.58. The highest BCUT2D eigenvalue weighted by Crippen LogP contribution is 2.67. The van der Waals surface area contributed by atoms with Gasteiger partial charge in [-0.15, -0.1) is 0 Å². The van der Waals surface area contributed by atoms with Gasteiger partial charge in [-0.3, -0.25) is 5.32 Å². The lowest BCUT2D eigenvalue weighted by Gasteiger charge is -2.45. The van der Waals surface area contributed by atoms with Crippen LogP contribution >= 0.6 is 0 Å². The summed E-state index contributed by atoms with van der Waals surface area (Å²) >= 11 is 0. The first-order valence-electron chi connectivity index (χ1n) is 20.3. The Morgan fingerprint density at radius 2 is 1.28 bits per heavy atom. The number of nitrogens with zero attached hydrogens (tertiary/aromatic N) is 1. The molecular formula is C53H44N3O+. The van der Waals surface area contributed by atoms with Gasteiger partial charge in [-0.2, -0.15) is 4.99 Å². The molecule has 5 unspecified atom stereocenters. The maximum atomic E-state index is 6.60. The number of quaternary nitrogens is 1. The van der Waals surface area contributed by atoms with E-state index in [9.17, 15) is 0 Å². The molecule has 276 valence electrons. The van der Waals surface area contributed by atoms with Gasteiger partial charge >= 0.3 is 0 Å². The summed E-state index contributed by atoms with van der Waals surface area (Å²) in [6.07, 6.45) is 25.6. The number of allylic oxidation sites excluding steroid dienone is 11. The van der Waals surface area contributed by atoms with Gasteiger partial charge in [0.15, 0.2) is 0 Å². The highest BCUT2D eigenvalue weighted by atomic mass is 16.5. The van der Waals surface area contributed by atoms with Crippen LogP contribution in [0.3, 0.4) is 0 Å². The van der Waals surface area contributed by atoms with Gasteiger partial charge in [0.1, 0.15) is 17.5 Å². The first-order valence-corrected chi connectivity index (χ1v) is 20.3. The third-order valence-electron chi connectivity index (χ3n) is 13.0. The predicted octanol–water partition coefficient (Wildman–Crippen LogP) is 10.5. The number of nitrogens with two attached hydrogens (primary N) is 2. The molecule has 4 aliphatic carbocycles. The van der Waals surface area contributed by atoms with Crippen molar-refractivity contribution in [2.45, 2.75) is 24.3 Å². The maximum absolute atomic E-state index is 6.60. The molecule has 0 radical (unpaired) electrons. The van der Waals surface area contributed by atoms with E-state index in [4.69, 9.17) is 15.5 Å². The second-order valence-electron chi connectivity index (χ2n) is 16.1. The van der Waals surface area contributed by atoms with Gasteiger partial charge in [0, 0.05) is 39.4 Å². The SMILES string of the molecule is NC1=CC2C3C=C(c4cccc(C5=CC(c6ccc(C7=CCCC=C7)cc6)[NH2+]C(c6ccccc6)=N5)c4)C=CC3C3(c4ccccc4Oc4ccccc43)C2C=C1. The van der Waals surface area contributed by atoms with Gasteiger partial charge in [0.2, 0.25) is 5.84 Å². The summed E-state index contributed by atoms with van der Waals surface area (Å²) in [5.74, 6) is 3.79. The van der Waals surface area contributed by atoms with Crippen molar-refractivity contribution in [2.75, 3.05) is 0 Å². The van der Waals surface area contributed by atoms with E-state index >= 15 is 0 Å². The van der Waals surface area contributed by atoms with Crippen LogP contribution in [-0.2, 0) is 5.41 Å². The molecule has 0 saturated heterocycles. The van der Waals surface area contributed by atoms with Crippen molar-refractivity contribution in [3.05, 3.63) is 233 Å². The Balaban J connectivity index is 0.978. The fraction of sp³-hybridized carbons (Fsp3) is 0.151. The minimum Gasteiger partial charge on any atom is -0.457 e. The highest BCUT2D eigenvalue weighted by molar-refractivity contribution is 5.96. The normalized spacial score (nSPS) is 24.8. The van der Waals surface area contributed by atoms with Crippen LogP contribution in [-0.4, -0.2) is 5.84 Å². The molecule has 5 atom stereocenters. The summed E-state index contributed by atoms with van der Waals surface area (Å²) in [6, 6.07) is 46.0. The number of hydrogen-bond acceptors (Lipinski definition) is 3. The van der Waals surface area contributed by atoms with Crippen LogP contribution in [0.5, 0.6) is 11.5 Å². The zero-order valence-corrected chi connectivity index (χ0v) is 31.7. The number of aliphatic imine (C=N–C) groups is 1. The molecule has 0 aromatic heterocycles. The van der Waals surface area contributed by atoms with Crippen LogP contribution < -0.4 is 15.8 Å². The van der Waals surface area contributed by atoms with E-state index in [1.54, 1.807) is 0 Å². The van der Waals surface area contributed by atoms with Crippen molar-refractivity contribution in [2.24, 2.45) is 34.4 Å². The Morgan fingerprint density at radius 1 is 0.596 bits per heavy atom. The number of ether oxygens (including phenoxy) is 1. The number of fused-ring (bicyclic) bond motifs is 9. The molecule has 1 saturated carbocycles. The van der Waals surface area contributed by atoms with E-state index in [1.807, 2.05) is 0 Å². The maximum Gasteiger partial charge on any atom is 0.232 e. The van der Waals surface area contributed by atoms with E-state index < -0.39 is 0 Å². The molecule has 0 amide bonds. The zero-order valence-electron chi connectivity index (χ0n) is 31.7. The van der Waals surface area contributed by atoms with Crippen LogP contribution in [0, 0.1) is 23.7 Å². The fourth-order valence-corrected chi connectivity index (χ4v) is 10.5. The average Bonchev–Trinajstić information content (AvgIpc) is 3.56. The summed E-state index contributed by atoms with van der Waals surface area (Å²) in [6.45, 7) is 0. The topological polar surface area (TPSA) is 64.2 Å². The number of para-hydroxylation sites is 2. The summed E-state index contributed by atoms with van der Waals surface area (Å²) < 4.78 is 6.58. The molecule has 2 heterocycles. The van der Waals surface area contributed by atoms with Crippen LogP contribution in [0.1, 0.15) is 57.8 Å². The Labute approximate surface area is 334 Å². The summed E-state index contributed by atoms with van der Waals surface area (Å²) in [5, 5.41) is 2.31. The molecule has 1 fully saturated rings. The van der Waals surface area contributed by atoms with Crippen LogP contribution in [0.25, 0.3) is 16.8 Å². The van der Waals surface area contributed by atoms with Gasteiger partial charge in [-0.25, -0.2) is 0 Å². The van der Waals surface area contributed by atoms with Crippen molar-refractivity contribution in [1.82, 2.24) is 0 Å².